The van der Waals surface area contributed by atoms with Crippen LogP contribution in [0.15, 0.2) is 9.79 Å². The summed E-state index contributed by atoms with van der Waals surface area (Å²) in [6, 6.07) is 0. The summed E-state index contributed by atoms with van der Waals surface area (Å²) >= 11 is 6.92. The molecule has 4 nitrogen and oxygen atoms in total. The van der Waals surface area contributed by atoms with E-state index in [4.69, 9.17) is 12.2 Å². The van der Waals surface area contributed by atoms with Crippen molar-refractivity contribution >= 4 is 34.8 Å². The fourth-order valence-electron chi connectivity index (χ4n) is 1.81. The van der Waals surface area contributed by atoms with Crippen molar-refractivity contribution in [3.8, 4) is 0 Å². The van der Waals surface area contributed by atoms with Gasteiger partial charge in [-0.1, -0.05) is 14.4 Å². The molecule has 2 rings (SSSR count). The number of nitrogens with zero attached hydrogens (tertiary/aromatic N) is 3. The maximum absolute atomic E-state index is 12.1. The molecule has 1 aliphatic heterocycles. The summed E-state index contributed by atoms with van der Waals surface area (Å²) < 4.78 is 3.84. The van der Waals surface area contributed by atoms with Crippen LogP contribution in [-0.2, 0) is 20.5 Å². The Morgan fingerprint density at radius 3 is 2.67 bits per heavy atom. The molecule has 18 heavy (non-hydrogen) atoms. The molecule has 1 aliphatic rings. The highest BCUT2D eigenvalue weighted by atomic mass is 32.2. The van der Waals surface area contributed by atoms with Crippen LogP contribution in [0.25, 0.3) is 0 Å². The molecule has 6 heteroatoms. The van der Waals surface area contributed by atoms with Crippen molar-refractivity contribution in [1.29, 1.82) is 0 Å². The molecule has 0 aromatic carbocycles. The van der Waals surface area contributed by atoms with Crippen LogP contribution in [0.4, 0.5) is 5.82 Å². The summed E-state index contributed by atoms with van der Waals surface area (Å²) in [5, 5.41) is 1.02. The third kappa shape index (κ3) is 2.44. The van der Waals surface area contributed by atoms with E-state index in [0.717, 1.165) is 28.6 Å². The first-order valence-electron chi connectivity index (χ1n) is 5.55. The number of thioether (sulfide) groups is 1. The summed E-state index contributed by atoms with van der Waals surface area (Å²) in [5.41, 5.74) is 0.751. The van der Waals surface area contributed by atoms with Crippen molar-refractivity contribution in [3.05, 3.63) is 20.7 Å². The molecule has 0 N–H and O–H groups in total. The van der Waals surface area contributed by atoms with Gasteiger partial charge in [0.2, 0.25) is 0 Å². The molecular formula is C12H19N3OS2. The number of rotatable bonds is 2. The van der Waals surface area contributed by atoms with E-state index in [9.17, 15) is 4.79 Å². The van der Waals surface area contributed by atoms with Crippen LogP contribution in [0.2, 0.25) is 0 Å². The largest absolute Gasteiger partial charge is 0.306 e. The van der Waals surface area contributed by atoms with E-state index in [1.807, 2.05) is 11.6 Å². The highest BCUT2D eigenvalue weighted by molar-refractivity contribution is 8.14. The van der Waals surface area contributed by atoms with Crippen molar-refractivity contribution in [3.63, 3.8) is 0 Å². The van der Waals surface area contributed by atoms with Gasteiger partial charge < -0.3 is 4.57 Å². The van der Waals surface area contributed by atoms with Gasteiger partial charge in [-0.05, 0) is 24.4 Å². The lowest BCUT2D eigenvalue weighted by Gasteiger charge is -2.08. The van der Waals surface area contributed by atoms with Gasteiger partial charge in [0.15, 0.2) is 4.77 Å². The molecule has 1 aromatic rings. The van der Waals surface area contributed by atoms with Crippen LogP contribution in [0.1, 0.15) is 26.3 Å². The van der Waals surface area contributed by atoms with Gasteiger partial charge in [0.05, 0.1) is 10.6 Å². The van der Waals surface area contributed by atoms with Crippen LogP contribution in [0.3, 0.4) is 0 Å². The van der Waals surface area contributed by atoms with E-state index in [1.54, 1.807) is 18.8 Å². The van der Waals surface area contributed by atoms with Crippen molar-refractivity contribution in [2.24, 2.45) is 19.1 Å². The molecule has 0 spiro atoms. The fourth-order valence-corrected chi connectivity index (χ4v) is 2.82. The summed E-state index contributed by atoms with van der Waals surface area (Å²) in [4.78, 5) is 16.6. The third-order valence-corrected chi connectivity index (χ3v) is 4.48. The van der Waals surface area contributed by atoms with E-state index in [1.165, 1.54) is 4.57 Å². The first-order chi connectivity index (χ1) is 8.06. The van der Waals surface area contributed by atoms with Gasteiger partial charge in [-0.2, -0.15) is 0 Å². The maximum atomic E-state index is 12.1. The molecule has 0 fully saturated rings. The monoisotopic (exact) mass is 285 g/mol. The molecule has 0 atom stereocenters. The molecule has 0 amide bonds. The third-order valence-electron chi connectivity index (χ3n) is 2.76. The highest BCUT2D eigenvalue weighted by Crippen LogP contribution is 2.27. The van der Waals surface area contributed by atoms with Crippen molar-refractivity contribution < 1.29 is 0 Å². The summed E-state index contributed by atoms with van der Waals surface area (Å²) in [6.45, 7) is 2.13. The predicted molar refractivity (Wildman–Crippen MR) is 81.8 cm³/mol. The lowest BCUT2D eigenvalue weighted by Crippen LogP contribution is -2.24. The lowest BCUT2D eigenvalue weighted by molar-refractivity contribution is 0.713. The Balaban J connectivity index is 0.00000162. The normalized spacial score (nSPS) is 12.9. The number of hydrogen-bond acceptors (Lipinski definition) is 4. The van der Waals surface area contributed by atoms with Crippen molar-refractivity contribution in [2.75, 3.05) is 5.75 Å². The Hall–Kier alpha value is -0.880. The molecule has 0 saturated carbocycles. The van der Waals surface area contributed by atoms with Gasteiger partial charge >= 0.3 is 0 Å². The van der Waals surface area contributed by atoms with Gasteiger partial charge in [0, 0.05) is 20.5 Å². The van der Waals surface area contributed by atoms with Gasteiger partial charge in [0.1, 0.15) is 5.82 Å². The minimum Gasteiger partial charge on any atom is -0.306 e. The van der Waals surface area contributed by atoms with Crippen LogP contribution in [0.5, 0.6) is 0 Å². The standard InChI is InChI=1S/C11H15N3OS2.CH4/c1-4-5-17-8-6-7-9(12-8)13(2)11(16)14(3)10(7)15;/h4-6H2,1-3H3;1H4. The van der Waals surface area contributed by atoms with Gasteiger partial charge in [-0.25, -0.2) is 4.99 Å². The predicted octanol–water partition coefficient (Wildman–Crippen LogP) is 2.82. The topological polar surface area (TPSA) is 39.3 Å². The molecular weight excluding hydrogens is 266 g/mol. The lowest BCUT2D eigenvalue weighted by atomic mass is 10.2. The van der Waals surface area contributed by atoms with Crippen LogP contribution >= 0.6 is 24.0 Å². The Kier molecular flexibility index (Phi) is 4.92. The Labute approximate surface area is 117 Å². The fraction of sp³-hybridized carbons (Fsp3) is 0.583. The average Bonchev–Trinajstić information content (AvgIpc) is 2.75. The Bertz CT molecular complexity index is 599. The zero-order chi connectivity index (χ0) is 12.6. The number of hydrogen-bond donors (Lipinski definition) is 0. The van der Waals surface area contributed by atoms with Crippen LogP contribution in [0, 0.1) is 4.77 Å². The summed E-state index contributed by atoms with van der Waals surface area (Å²) in [7, 11) is 3.57. The first-order valence-corrected chi connectivity index (χ1v) is 6.95. The van der Waals surface area contributed by atoms with E-state index in [2.05, 4.69) is 11.9 Å². The minimum atomic E-state index is -0.0149. The van der Waals surface area contributed by atoms with E-state index in [-0.39, 0.29) is 13.0 Å². The zero-order valence-corrected chi connectivity index (χ0v) is 11.8. The smallest absolute Gasteiger partial charge is 0.259 e. The first kappa shape index (κ1) is 15.2. The molecule has 1 aromatic heterocycles. The zero-order valence-electron chi connectivity index (χ0n) is 10.2. The summed E-state index contributed by atoms with van der Waals surface area (Å²) in [6.07, 6.45) is 1.76. The molecule has 0 saturated heterocycles. The maximum Gasteiger partial charge on any atom is 0.259 e. The quantitative estimate of drug-likeness (QED) is 0.784. The van der Waals surface area contributed by atoms with Crippen molar-refractivity contribution in [1.82, 2.24) is 9.13 Å². The molecule has 0 unspecified atom stereocenters. The second kappa shape index (κ2) is 5.84. The molecule has 0 radical (unpaired) electrons. The average molecular weight is 285 g/mol. The molecule has 100 valence electrons. The van der Waals surface area contributed by atoms with Gasteiger partial charge in [-0.15, -0.1) is 11.8 Å². The van der Waals surface area contributed by atoms with Crippen LogP contribution in [-0.4, -0.2) is 19.9 Å². The Morgan fingerprint density at radius 2 is 2.06 bits per heavy atom. The van der Waals surface area contributed by atoms with Gasteiger partial charge in [0.25, 0.3) is 5.56 Å². The number of aromatic nitrogens is 2. The highest BCUT2D eigenvalue weighted by Gasteiger charge is 2.21. The number of aliphatic imine (C=N–C) groups is 1. The minimum absolute atomic E-state index is 0. The van der Waals surface area contributed by atoms with E-state index >= 15 is 0 Å². The Morgan fingerprint density at radius 1 is 1.39 bits per heavy atom. The molecule has 2 heterocycles. The van der Waals surface area contributed by atoms with E-state index in [0.29, 0.717) is 11.2 Å². The molecule has 0 bridgehead atoms. The SMILES string of the molecule is C.CCCSC1=Nc2c(c(=O)n(C)c(=S)n2C)C1. The summed E-state index contributed by atoms with van der Waals surface area (Å²) in [5.74, 6) is 1.77. The van der Waals surface area contributed by atoms with E-state index < -0.39 is 0 Å². The van der Waals surface area contributed by atoms with Crippen LogP contribution < -0.4 is 5.56 Å². The second-order valence-corrected chi connectivity index (χ2v) is 5.57. The molecule has 0 aliphatic carbocycles. The second-order valence-electron chi connectivity index (χ2n) is 4.04. The van der Waals surface area contributed by atoms with Crippen molar-refractivity contribution in [2.45, 2.75) is 27.2 Å². The van der Waals surface area contributed by atoms with Gasteiger partial charge in [-0.3, -0.25) is 9.36 Å². The number of fused-ring (bicyclic) bond motifs is 1.